The van der Waals surface area contributed by atoms with Crippen molar-refractivity contribution in [1.82, 2.24) is 4.98 Å². The molecule has 0 saturated carbocycles. The van der Waals surface area contributed by atoms with Gasteiger partial charge in [0.1, 0.15) is 13.8 Å². The smallest absolute Gasteiger partial charge is 0.129 e. The summed E-state index contributed by atoms with van der Waals surface area (Å²) in [5, 5.41) is 2.24. The third-order valence-electron chi connectivity index (χ3n) is 3.69. The Morgan fingerprint density at radius 3 is 2.33 bits per heavy atom. The van der Waals surface area contributed by atoms with Crippen LogP contribution >= 0.6 is 0 Å². The first-order valence-corrected chi connectivity index (χ1v) is 11.5. The minimum atomic E-state index is -1.34. The topological polar surface area (TPSA) is 22.1 Å². The summed E-state index contributed by atoms with van der Waals surface area (Å²) < 4.78 is 5.26. The summed E-state index contributed by atoms with van der Waals surface area (Å²) in [5.74, 6) is 4.13. The van der Waals surface area contributed by atoms with Crippen molar-refractivity contribution in [2.24, 2.45) is 0 Å². The molecule has 1 heterocycles. The van der Waals surface area contributed by atoms with Crippen LogP contribution in [0.4, 0.5) is 0 Å². The number of hydrogen-bond acceptors (Lipinski definition) is 2. The summed E-state index contributed by atoms with van der Waals surface area (Å²) in [5.41, 5.74) is 6.53. The zero-order valence-electron chi connectivity index (χ0n) is 14.6. The Morgan fingerprint density at radius 1 is 0.917 bits per heavy atom. The predicted molar refractivity (Wildman–Crippen MR) is 104 cm³/mol. The lowest BCUT2D eigenvalue weighted by atomic mass is 10.1. The number of aromatic nitrogens is 1. The van der Waals surface area contributed by atoms with Crippen LogP contribution in [0, 0.1) is 11.5 Å². The Hall–Kier alpha value is -2.57. The lowest BCUT2D eigenvalue weighted by molar-refractivity contribution is 0.415. The lowest BCUT2D eigenvalue weighted by Gasteiger charge is -2.06. The lowest BCUT2D eigenvalue weighted by Crippen LogP contribution is -2.16. The van der Waals surface area contributed by atoms with Gasteiger partial charge in [0.25, 0.3) is 0 Å². The van der Waals surface area contributed by atoms with Gasteiger partial charge in [0.05, 0.1) is 12.8 Å². The van der Waals surface area contributed by atoms with E-state index < -0.39 is 8.07 Å². The summed E-state index contributed by atoms with van der Waals surface area (Å²) in [7, 11) is 0.336. The molecule has 3 rings (SSSR count). The molecular weight excluding hydrogens is 310 g/mol. The zero-order valence-corrected chi connectivity index (χ0v) is 15.6. The highest BCUT2D eigenvalue weighted by Crippen LogP contribution is 2.25. The van der Waals surface area contributed by atoms with E-state index in [2.05, 4.69) is 72.5 Å². The molecular formula is C21H21NOSi. The summed E-state index contributed by atoms with van der Waals surface area (Å²) in [4.78, 5) is 4.58. The second kappa shape index (κ2) is 6.50. The van der Waals surface area contributed by atoms with Crippen molar-refractivity contribution in [3.05, 3.63) is 60.3 Å². The fourth-order valence-electron chi connectivity index (χ4n) is 2.39. The van der Waals surface area contributed by atoms with E-state index >= 15 is 0 Å². The number of ether oxygens (including phenoxy) is 1. The largest absolute Gasteiger partial charge is 0.497 e. The molecule has 3 aromatic rings. The third-order valence-corrected chi connectivity index (χ3v) is 4.57. The molecule has 3 heteroatoms. The highest BCUT2D eigenvalue weighted by atomic mass is 28.3. The standard InChI is InChI=1S/C21H21NOSi/c1-23-20-10-9-18-14-21(22-15-19(18)13-20)17-7-5-16(6-8-17)11-12-24(2,3)4/h5-10,13-15H,1-4H3. The molecule has 0 aliphatic rings. The molecule has 2 nitrogen and oxygen atoms in total. The van der Waals surface area contributed by atoms with Crippen LogP contribution in [-0.2, 0) is 0 Å². The summed E-state index contributed by atoms with van der Waals surface area (Å²) in [6.07, 6.45) is 1.89. The van der Waals surface area contributed by atoms with Crippen LogP contribution in [0.5, 0.6) is 5.75 Å². The first-order valence-electron chi connectivity index (χ1n) is 8.02. The molecule has 0 fully saturated rings. The van der Waals surface area contributed by atoms with Crippen molar-refractivity contribution in [3.63, 3.8) is 0 Å². The Morgan fingerprint density at radius 2 is 1.67 bits per heavy atom. The van der Waals surface area contributed by atoms with Gasteiger partial charge in [0.2, 0.25) is 0 Å². The molecule has 1 aromatic heterocycles. The molecule has 0 N–H and O–H groups in total. The number of nitrogens with zero attached hydrogens (tertiary/aromatic N) is 1. The van der Waals surface area contributed by atoms with E-state index in [0.29, 0.717) is 0 Å². The molecule has 2 aromatic carbocycles. The van der Waals surface area contributed by atoms with Gasteiger partial charge in [-0.2, -0.15) is 0 Å². The molecule has 0 atom stereocenters. The van der Waals surface area contributed by atoms with Gasteiger partial charge in [-0.15, -0.1) is 5.54 Å². The number of pyridine rings is 1. The summed E-state index contributed by atoms with van der Waals surface area (Å²) in [6.45, 7) is 6.76. The van der Waals surface area contributed by atoms with E-state index in [4.69, 9.17) is 4.74 Å². The van der Waals surface area contributed by atoms with Gasteiger partial charge in [-0.05, 0) is 35.7 Å². The number of rotatable bonds is 2. The van der Waals surface area contributed by atoms with Gasteiger partial charge in [-0.3, -0.25) is 4.98 Å². The molecule has 0 spiro atoms. The number of benzene rings is 2. The monoisotopic (exact) mass is 331 g/mol. The normalized spacial score (nSPS) is 11.0. The Balaban J connectivity index is 1.91. The average Bonchev–Trinajstić information content (AvgIpc) is 2.59. The van der Waals surface area contributed by atoms with Crippen molar-refractivity contribution in [2.45, 2.75) is 19.6 Å². The van der Waals surface area contributed by atoms with Gasteiger partial charge in [-0.25, -0.2) is 0 Å². The van der Waals surface area contributed by atoms with Crippen LogP contribution in [0.25, 0.3) is 22.0 Å². The van der Waals surface area contributed by atoms with Crippen LogP contribution in [0.3, 0.4) is 0 Å². The van der Waals surface area contributed by atoms with Gasteiger partial charge in [0.15, 0.2) is 0 Å². The molecule has 0 unspecified atom stereocenters. The van der Waals surface area contributed by atoms with E-state index in [1.54, 1.807) is 7.11 Å². The van der Waals surface area contributed by atoms with Crippen molar-refractivity contribution in [2.75, 3.05) is 7.11 Å². The van der Waals surface area contributed by atoms with E-state index in [9.17, 15) is 0 Å². The van der Waals surface area contributed by atoms with Gasteiger partial charge in [0, 0.05) is 22.7 Å². The molecule has 0 aliphatic heterocycles. The average molecular weight is 331 g/mol. The highest BCUT2D eigenvalue weighted by Gasteiger charge is 2.07. The highest BCUT2D eigenvalue weighted by molar-refractivity contribution is 6.83. The first-order chi connectivity index (χ1) is 11.4. The summed E-state index contributed by atoms with van der Waals surface area (Å²) in [6, 6.07) is 16.5. The van der Waals surface area contributed by atoms with Crippen LogP contribution in [0.15, 0.2) is 54.7 Å². The van der Waals surface area contributed by atoms with Crippen LogP contribution in [-0.4, -0.2) is 20.2 Å². The second-order valence-electron chi connectivity index (χ2n) is 6.86. The maximum absolute atomic E-state index is 5.26. The molecule has 24 heavy (non-hydrogen) atoms. The Labute approximate surface area is 144 Å². The maximum atomic E-state index is 5.26. The molecule has 0 bridgehead atoms. The predicted octanol–water partition coefficient (Wildman–Crippen LogP) is 5.14. The van der Waals surface area contributed by atoms with Gasteiger partial charge < -0.3 is 4.74 Å². The third kappa shape index (κ3) is 3.84. The van der Waals surface area contributed by atoms with Gasteiger partial charge in [-0.1, -0.05) is 43.8 Å². The van der Waals surface area contributed by atoms with Crippen LogP contribution in [0.1, 0.15) is 5.56 Å². The first kappa shape index (κ1) is 16.3. The van der Waals surface area contributed by atoms with Crippen LogP contribution in [0.2, 0.25) is 19.6 Å². The number of fused-ring (bicyclic) bond motifs is 1. The minimum Gasteiger partial charge on any atom is -0.497 e. The zero-order chi connectivity index (χ0) is 17.2. The van der Waals surface area contributed by atoms with Crippen molar-refractivity contribution in [3.8, 4) is 28.5 Å². The van der Waals surface area contributed by atoms with E-state index in [-0.39, 0.29) is 0 Å². The van der Waals surface area contributed by atoms with Crippen molar-refractivity contribution < 1.29 is 4.74 Å². The number of methoxy groups -OCH3 is 1. The van der Waals surface area contributed by atoms with E-state index in [1.165, 1.54) is 0 Å². The van der Waals surface area contributed by atoms with Gasteiger partial charge >= 0.3 is 0 Å². The Bertz CT molecular complexity index is 928. The molecule has 120 valence electrons. The molecule has 0 aliphatic carbocycles. The minimum absolute atomic E-state index is 0.849. The number of hydrogen-bond donors (Lipinski definition) is 0. The fraction of sp³-hybridized carbons (Fsp3) is 0.190. The molecule has 0 amide bonds. The quantitative estimate of drug-likeness (QED) is 0.479. The second-order valence-corrected chi connectivity index (χ2v) is 11.6. The fourth-order valence-corrected chi connectivity index (χ4v) is 2.91. The maximum Gasteiger partial charge on any atom is 0.129 e. The van der Waals surface area contributed by atoms with E-state index in [1.807, 2.05) is 18.3 Å². The van der Waals surface area contributed by atoms with Crippen molar-refractivity contribution >= 4 is 18.8 Å². The SMILES string of the molecule is COc1ccc2cc(-c3ccc(C#C[Si](C)(C)C)cc3)ncc2c1. The van der Waals surface area contributed by atoms with Crippen LogP contribution < -0.4 is 4.74 Å². The molecule has 0 saturated heterocycles. The van der Waals surface area contributed by atoms with Crippen molar-refractivity contribution in [1.29, 1.82) is 0 Å². The Kier molecular flexibility index (Phi) is 4.42. The van der Waals surface area contributed by atoms with E-state index in [0.717, 1.165) is 33.3 Å². The molecule has 0 radical (unpaired) electrons. The summed E-state index contributed by atoms with van der Waals surface area (Å²) >= 11 is 0.